The molecule has 0 aliphatic heterocycles. The molecule has 1 heterocycles. The summed E-state index contributed by atoms with van der Waals surface area (Å²) < 4.78 is 16.9. The molecule has 0 spiro atoms. The number of aromatic nitrogens is 2. The monoisotopic (exact) mass is 436 g/mol. The molecule has 0 aliphatic carbocycles. The van der Waals surface area contributed by atoms with Crippen LogP contribution in [0.2, 0.25) is 0 Å². The SMILES string of the molecule is CCCCC.CC[C@@H](F)C(C)(C)c1ccccc1-c1nccn1-c1c(C)cc(C)cc1C. The predicted molar refractivity (Wildman–Crippen MR) is 137 cm³/mol. The summed E-state index contributed by atoms with van der Waals surface area (Å²) in [6.07, 6.45) is 7.48. The lowest BCUT2D eigenvalue weighted by molar-refractivity contribution is 0.209. The predicted octanol–water partition coefficient (Wildman–Crippen LogP) is 8.69. The fourth-order valence-corrected chi connectivity index (χ4v) is 4.51. The topological polar surface area (TPSA) is 17.8 Å². The van der Waals surface area contributed by atoms with Gasteiger partial charge in [-0.3, -0.25) is 4.57 Å². The van der Waals surface area contributed by atoms with Crippen molar-refractivity contribution in [3.63, 3.8) is 0 Å². The summed E-state index contributed by atoms with van der Waals surface area (Å²) in [4.78, 5) is 4.67. The maximum Gasteiger partial charge on any atom is 0.144 e. The van der Waals surface area contributed by atoms with Crippen molar-refractivity contribution in [1.82, 2.24) is 9.55 Å². The van der Waals surface area contributed by atoms with Crippen molar-refractivity contribution in [3.8, 4) is 17.1 Å². The Morgan fingerprint density at radius 2 is 1.56 bits per heavy atom. The number of nitrogens with zero attached hydrogens (tertiary/aromatic N) is 2. The van der Waals surface area contributed by atoms with Crippen molar-refractivity contribution >= 4 is 0 Å². The minimum atomic E-state index is -0.912. The molecule has 0 N–H and O–H groups in total. The van der Waals surface area contributed by atoms with Gasteiger partial charge in [-0.2, -0.15) is 0 Å². The van der Waals surface area contributed by atoms with Crippen LogP contribution >= 0.6 is 0 Å². The Balaban J connectivity index is 0.000000654. The number of hydrogen-bond donors (Lipinski definition) is 0. The fraction of sp³-hybridized carbons (Fsp3) is 0.483. The lowest BCUT2D eigenvalue weighted by Gasteiger charge is -2.31. The number of halogens is 1. The van der Waals surface area contributed by atoms with Gasteiger partial charge in [0.1, 0.15) is 12.0 Å². The van der Waals surface area contributed by atoms with E-state index in [9.17, 15) is 4.39 Å². The molecule has 0 bridgehead atoms. The molecule has 2 aromatic carbocycles. The molecule has 0 fully saturated rings. The van der Waals surface area contributed by atoms with Crippen molar-refractivity contribution in [2.75, 3.05) is 0 Å². The van der Waals surface area contributed by atoms with Crippen LogP contribution in [0.3, 0.4) is 0 Å². The molecular weight excluding hydrogens is 395 g/mol. The van der Waals surface area contributed by atoms with Gasteiger partial charge in [0.2, 0.25) is 0 Å². The van der Waals surface area contributed by atoms with Crippen LogP contribution in [0.15, 0.2) is 48.8 Å². The molecule has 0 aliphatic rings. The molecular formula is C29H41FN2. The third-order valence-electron chi connectivity index (χ3n) is 6.23. The lowest BCUT2D eigenvalue weighted by Crippen LogP contribution is -2.30. The number of imidazole rings is 1. The summed E-state index contributed by atoms with van der Waals surface area (Å²) in [5.41, 5.74) is 6.21. The van der Waals surface area contributed by atoms with E-state index in [4.69, 9.17) is 0 Å². The summed E-state index contributed by atoms with van der Waals surface area (Å²) >= 11 is 0. The van der Waals surface area contributed by atoms with Crippen molar-refractivity contribution in [2.24, 2.45) is 0 Å². The number of aryl methyl sites for hydroxylation is 3. The van der Waals surface area contributed by atoms with E-state index in [-0.39, 0.29) is 0 Å². The zero-order valence-corrected chi connectivity index (χ0v) is 21.3. The van der Waals surface area contributed by atoms with Gasteiger partial charge in [-0.05, 0) is 43.9 Å². The quantitative estimate of drug-likeness (QED) is 0.362. The first-order valence-corrected chi connectivity index (χ1v) is 12.0. The Labute approximate surface area is 194 Å². The van der Waals surface area contributed by atoms with E-state index in [1.165, 1.54) is 36.0 Å². The third-order valence-corrected chi connectivity index (χ3v) is 6.23. The smallest absolute Gasteiger partial charge is 0.144 e. The molecule has 2 nitrogen and oxygen atoms in total. The summed E-state index contributed by atoms with van der Waals surface area (Å²) in [5, 5.41) is 0. The molecule has 1 aromatic heterocycles. The van der Waals surface area contributed by atoms with E-state index < -0.39 is 11.6 Å². The van der Waals surface area contributed by atoms with Gasteiger partial charge in [0.15, 0.2) is 0 Å². The van der Waals surface area contributed by atoms with Gasteiger partial charge in [0, 0.05) is 23.4 Å². The Morgan fingerprint density at radius 3 is 2.09 bits per heavy atom. The molecule has 0 unspecified atom stereocenters. The standard InChI is InChI=1S/C24H29FN2.C5H12/c1-7-21(25)24(5,6)20-11-9-8-10-19(20)23-26-12-13-27(23)22-17(3)14-16(2)15-18(22)4;1-3-5-4-2/h8-15,21H,7H2,1-6H3;3-5H2,1-2H3/t21-;/m1./s1. The van der Waals surface area contributed by atoms with Gasteiger partial charge in [0.25, 0.3) is 0 Å². The maximum atomic E-state index is 14.8. The van der Waals surface area contributed by atoms with E-state index in [0.29, 0.717) is 6.42 Å². The third kappa shape index (κ3) is 5.68. The second-order valence-corrected chi connectivity index (χ2v) is 9.36. The van der Waals surface area contributed by atoms with E-state index in [1.54, 1.807) is 0 Å². The highest BCUT2D eigenvalue weighted by Crippen LogP contribution is 2.38. The number of benzene rings is 2. The fourth-order valence-electron chi connectivity index (χ4n) is 4.51. The molecule has 0 saturated heterocycles. The Hall–Kier alpha value is -2.42. The van der Waals surface area contributed by atoms with Crippen LogP contribution in [0.5, 0.6) is 0 Å². The zero-order valence-electron chi connectivity index (χ0n) is 21.3. The number of rotatable bonds is 7. The van der Waals surface area contributed by atoms with Crippen molar-refractivity contribution < 1.29 is 4.39 Å². The number of alkyl halides is 1. The van der Waals surface area contributed by atoms with Gasteiger partial charge in [-0.15, -0.1) is 0 Å². The molecule has 0 saturated carbocycles. The largest absolute Gasteiger partial charge is 0.299 e. The van der Waals surface area contributed by atoms with E-state index in [0.717, 1.165) is 22.6 Å². The zero-order chi connectivity index (χ0) is 23.9. The first kappa shape index (κ1) is 25.8. The molecule has 3 heteroatoms. The Kier molecular flexibility index (Phi) is 9.24. The van der Waals surface area contributed by atoms with Gasteiger partial charge >= 0.3 is 0 Å². The van der Waals surface area contributed by atoms with Crippen molar-refractivity contribution in [3.05, 3.63) is 71.0 Å². The molecule has 0 radical (unpaired) electrons. The van der Waals surface area contributed by atoms with E-state index >= 15 is 0 Å². The second kappa shape index (κ2) is 11.4. The molecule has 3 aromatic rings. The minimum Gasteiger partial charge on any atom is -0.299 e. The van der Waals surface area contributed by atoms with Crippen LogP contribution in [0.25, 0.3) is 17.1 Å². The van der Waals surface area contributed by atoms with E-state index in [1.807, 2.05) is 51.4 Å². The molecule has 1 atom stereocenters. The molecule has 3 rings (SSSR count). The summed E-state index contributed by atoms with van der Waals surface area (Å²) in [7, 11) is 0. The van der Waals surface area contributed by atoms with Crippen LogP contribution < -0.4 is 0 Å². The molecule has 174 valence electrons. The van der Waals surface area contributed by atoms with Gasteiger partial charge in [0.05, 0.1) is 5.69 Å². The van der Waals surface area contributed by atoms with Crippen LogP contribution in [0, 0.1) is 20.8 Å². The lowest BCUT2D eigenvalue weighted by atomic mass is 9.77. The Bertz CT molecular complexity index is 975. The van der Waals surface area contributed by atoms with Crippen LogP contribution in [-0.2, 0) is 5.41 Å². The Morgan fingerprint density at radius 1 is 0.969 bits per heavy atom. The number of unbranched alkanes of at least 4 members (excludes halogenated alkanes) is 2. The normalized spacial score (nSPS) is 12.3. The van der Waals surface area contributed by atoms with Crippen LogP contribution in [0.1, 0.15) is 82.6 Å². The molecule has 0 amide bonds. The molecule has 32 heavy (non-hydrogen) atoms. The number of hydrogen-bond acceptors (Lipinski definition) is 1. The average Bonchev–Trinajstić information content (AvgIpc) is 3.22. The van der Waals surface area contributed by atoms with Gasteiger partial charge < -0.3 is 0 Å². The maximum absolute atomic E-state index is 14.8. The summed E-state index contributed by atoms with van der Waals surface area (Å²) in [6, 6.07) is 12.5. The summed E-state index contributed by atoms with van der Waals surface area (Å²) in [6.45, 7) is 16.7. The highest BCUT2D eigenvalue weighted by Gasteiger charge is 2.33. The van der Waals surface area contributed by atoms with Crippen molar-refractivity contribution in [2.45, 2.75) is 92.7 Å². The van der Waals surface area contributed by atoms with Crippen molar-refractivity contribution in [1.29, 1.82) is 0 Å². The van der Waals surface area contributed by atoms with Crippen LogP contribution in [-0.4, -0.2) is 15.7 Å². The second-order valence-electron chi connectivity index (χ2n) is 9.36. The van der Waals surface area contributed by atoms with Gasteiger partial charge in [-0.25, -0.2) is 9.37 Å². The van der Waals surface area contributed by atoms with E-state index in [2.05, 4.69) is 62.4 Å². The first-order chi connectivity index (χ1) is 15.2. The highest BCUT2D eigenvalue weighted by molar-refractivity contribution is 5.66. The highest BCUT2D eigenvalue weighted by atomic mass is 19.1. The minimum absolute atomic E-state index is 0.492. The first-order valence-electron chi connectivity index (χ1n) is 12.0. The summed E-state index contributed by atoms with van der Waals surface area (Å²) in [5.74, 6) is 0.858. The van der Waals surface area contributed by atoms with Crippen LogP contribution in [0.4, 0.5) is 4.39 Å². The average molecular weight is 437 g/mol. The van der Waals surface area contributed by atoms with Gasteiger partial charge in [-0.1, -0.05) is 95.8 Å².